The Morgan fingerprint density at radius 3 is 2.66 bits per heavy atom. The zero-order valence-electron chi connectivity index (χ0n) is 24.0. The molecule has 41 heavy (non-hydrogen) atoms. The van der Waals surface area contributed by atoms with Gasteiger partial charge in [0.1, 0.15) is 18.0 Å². The van der Waals surface area contributed by atoms with Crippen molar-refractivity contribution in [2.45, 2.75) is 89.0 Å². The molecule has 1 saturated carbocycles. The molecule has 1 aliphatic carbocycles. The molecule has 5 rings (SSSR count). The fraction of sp³-hybridized carbons (Fsp3) is 0.452. The molecule has 1 unspecified atom stereocenters. The van der Waals surface area contributed by atoms with Crippen molar-refractivity contribution in [3.8, 4) is 11.5 Å². The second-order valence-corrected chi connectivity index (χ2v) is 11.5. The van der Waals surface area contributed by atoms with E-state index in [0.29, 0.717) is 51.8 Å². The average molecular weight is 581 g/mol. The van der Waals surface area contributed by atoms with Gasteiger partial charge in [-0.2, -0.15) is 4.98 Å². The van der Waals surface area contributed by atoms with Crippen LogP contribution in [-0.2, 0) is 15.3 Å². The van der Waals surface area contributed by atoms with E-state index in [2.05, 4.69) is 10.3 Å². The number of fused-ring (bicyclic) bond motifs is 1. The highest BCUT2D eigenvalue weighted by Gasteiger charge is 2.37. The summed E-state index contributed by atoms with van der Waals surface area (Å²) in [5.41, 5.74) is 2.49. The summed E-state index contributed by atoms with van der Waals surface area (Å²) in [6.45, 7) is 8.16. The van der Waals surface area contributed by atoms with Gasteiger partial charge in [0.05, 0.1) is 18.3 Å². The van der Waals surface area contributed by atoms with Crippen molar-refractivity contribution in [1.82, 2.24) is 14.8 Å². The van der Waals surface area contributed by atoms with Crippen LogP contribution < -0.4 is 14.8 Å². The Kier molecular flexibility index (Phi) is 9.17. The van der Waals surface area contributed by atoms with Crippen LogP contribution in [0.5, 0.6) is 11.5 Å². The molecule has 1 atom stereocenters. The quantitative estimate of drug-likeness (QED) is 0.201. The first-order valence-corrected chi connectivity index (χ1v) is 15.3. The van der Waals surface area contributed by atoms with Crippen LogP contribution in [0.4, 0.5) is 10.3 Å². The third-order valence-electron chi connectivity index (χ3n) is 7.14. The third kappa shape index (κ3) is 6.69. The van der Waals surface area contributed by atoms with Gasteiger partial charge in [-0.25, -0.2) is 13.9 Å². The van der Waals surface area contributed by atoms with Gasteiger partial charge in [0.15, 0.2) is 11.5 Å². The Bertz CT molecular complexity index is 1420. The summed E-state index contributed by atoms with van der Waals surface area (Å²) in [6, 6.07) is 11.8. The van der Waals surface area contributed by atoms with E-state index >= 15 is 0 Å². The summed E-state index contributed by atoms with van der Waals surface area (Å²) in [5, 5.41) is 8.52. The number of hydrogen-bond donors (Lipinski definition) is 1. The van der Waals surface area contributed by atoms with Gasteiger partial charge in [0, 0.05) is 11.4 Å². The number of nitrogens with zero attached hydrogens (tertiary/aromatic N) is 3. The van der Waals surface area contributed by atoms with Gasteiger partial charge in [-0.15, -0.1) is 5.10 Å². The molecule has 2 aromatic carbocycles. The fourth-order valence-corrected chi connectivity index (χ4v) is 6.05. The summed E-state index contributed by atoms with van der Waals surface area (Å²) in [4.78, 5) is 18.4. The molecule has 0 bridgehead atoms. The number of hydrogen-bond acceptors (Lipinski definition) is 8. The maximum absolute atomic E-state index is 14.2. The Labute approximate surface area is 244 Å². The SMILES string of the molecule is CCOc1cc(C2C(C(=O)OC3CCCCC3)=C(C)Nc3nc(SCc4ccccc4F)nn32)ccc1OC(C)C. The summed E-state index contributed by atoms with van der Waals surface area (Å²) in [5.74, 6) is 1.46. The van der Waals surface area contributed by atoms with Crippen molar-refractivity contribution < 1.29 is 23.4 Å². The van der Waals surface area contributed by atoms with Gasteiger partial charge in [0.25, 0.3) is 0 Å². The van der Waals surface area contributed by atoms with Gasteiger partial charge in [0.2, 0.25) is 11.1 Å². The van der Waals surface area contributed by atoms with Crippen molar-refractivity contribution >= 4 is 23.7 Å². The number of ether oxygens (including phenoxy) is 3. The lowest BCUT2D eigenvalue weighted by Crippen LogP contribution is -2.32. The molecule has 1 fully saturated rings. The van der Waals surface area contributed by atoms with Crippen molar-refractivity contribution in [3.05, 3.63) is 70.7 Å². The normalized spacial score (nSPS) is 17.3. The molecule has 0 amide bonds. The van der Waals surface area contributed by atoms with E-state index in [-0.39, 0.29) is 24.0 Å². The van der Waals surface area contributed by atoms with Crippen LogP contribution in [0.3, 0.4) is 0 Å². The molecule has 3 aromatic rings. The molecule has 0 spiro atoms. The number of allylic oxidation sites excluding steroid dienone is 1. The first kappa shape index (κ1) is 29.0. The van der Waals surface area contributed by atoms with Crippen LogP contribution in [0.25, 0.3) is 0 Å². The number of benzene rings is 2. The predicted octanol–water partition coefficient (Wildman–Crippen LogP) is 7.06. The van der Waals surface area contributed by atoms with Crippen molar-refractivity contribution in [1.29, 1.82) is 0 Å². The predicted molar refractivity (Wildman–Crippen MR) is 157 cm³/mol. The Balaban J connectivity index is 1.52. The first-order chi connectivity index (χ1) is 19.8. The van der Waals surface area contributed by atoms with Crippen LogP contribution in [-0.4, -0.2) is 39.5 Å². The van der Waals surface area contributed by atoms with E-state index < -0.39 is 6.04 Å². The lowest BCUT2D eigenvalue weighted by Gasteiger charge is -2.30. The van der Waals surface area contributed by atoms with Crippen LogP contribution in [0.2, 0.25) is 0 Å². The monoisotopic (exact) mass is 580 g/mol. The molecular formula is C31H37FN4O4S. The van der Waals surface area contributed by atoms with Crippen molar-refractivity contribution in [2.75, 3.05) is 11.9 Å². The standard InChI is InChI=1S/C31H37FN4O4S/c1-5-38-26-17-21(15-16-25(26)39-19(2)3)28-27(29(37)40-23-12-7-6-8-13-23)20(4)33-30-34-31(35-36(28)30)41-18-22-11-9-10-14-24(22)32/h9-11,14-17,19,23,28H,5-8,12-13,18H2,1-4H3,(H,33,34,35). The Morgan fingerprint density at radius 2 is 1.93 bits per heavy atom. The number of nitrogens with one attached hydrogen (secondary N) is 1. The van der Waals surface area contributed by atoms with Crippen LogP contribution in [0.1, 0.15) is 77.0 Å². The maximum atomic E-state index is 14.2. The van der Waals surface area contributed by atoms with Crippen molar-refractivity contribution in [3.63, 3.8) is 0 Å². The van der Waals surface area contributed by atoms with E-state index in [9.17, 15) is 9.18 Å². The Morgan fingerprint density at radius 1 is 1.15 bits per heavy atom. The zero-order valence-corrected chi connectivity index (χ0v) is 24.8. The van der Waals surface area contributed by atoms with Crippen LogP contribution in [0, 0.1) is 5.82 Å². The molecule has 10 heteroatoms. The van der Waals surface area contributed by atoms with Crippen LogP contribution >= 0.6 is 11.8 Å². The van der Waals surface area contributed by atoms with Crippen LogP contribution in [0.15, 0.2) is 58.9 Å². The van der Waals surface area contributed by atoms with E-state index in [1.54, 1.807) is 16.8 Å². The number of halogens is 1. The van der Waals surface area contributed by atoms with E-state index in [0.717, 1.165) is 31.2 Å². The van der Waals surface area contributed by atoms with Gasteiger partial charge in [-0.05, 0) is 82.7 Å². The minimum absolute atomic E-state index is 0.0296. The topological polar surface area (TPSA) is 87.5 Å². The van der Waals surface area contributed by atoms with Gasteiger partial charge in [-0.1, -0.05) is 42.4 Å². The first-order valence-electron chi connectivity index (χ1n) is 14.3. The molecule has 1 aromatic heterocycles. The van der Waals surface area contributed by atoms with Gasteiger partial charge in [-0.3, -0.25) is 0 Å². The number of thioether (sulfide) groups is 1. The van der Waals surface area contributed by atoms with E-state index in [1.165, 1.54) is 24.2 Å². The largest absolute Gasteiger partial charge is 0.490 e. The third-order valence-corrected chi connectivity index (χ3v) is 8.03. The second kappa shape index (κ2) is 13.0. The number of carbonyl (C=O) groups is 1. The Hall–Kier alpha value is -3.53. The summed E-state index contributed by atoms with van der Waals surface area (Å²) in [6.07, 6.45) is 4.90. The van der Waals surface area contributed by atoms with E-state index in [1.807, 2.05) is 52.0 Å². The highest BCUT2D eigenvalue weighted by Crippen LogP contribution is 2.41. The molecular weight excluding hydrogens is 543 g/mol. The molecule has 2 heterocycles. The molecule has 8 nitrogen and oxygen atoms in total. The minimum Gasteiger partial charge on any atom is -0.490 e. The van der Waals surface area contributed by atoms with Crippen molar-refractivity contribution in [2.24, 2.45) is 0 Å². The van der Waals surface area contributed by atoms with Gasteiger partial charge < -0.3 is 19.5 Å². The second-order valence-electron chi connectivity index (χ2n) is 10.6. The minimum atomic E-state index is -0.607. The number of rotatable bonds is 10. The molecule has 0 radical (unpaired) electrons. The number of aromatic nitrogens is 3. The highest BCUT2D eigenvalue weighted by atomic mass is 32.2. The summed E-state index contributed by atoms with van der Waals surface area (Å²) < 4.78 is 33.9. The molecule has 2 aliphatic rings. The maximum Gasteiger partial charge on any atom is 0.338 e. The number of anilines is 1. The van der Waals surface area contributed by atoms with Gasteiger partial charge >= 0.3 is 5.97 Å². The highest BCUT2D eigenvalue weighted by molar-refractivity contribution is 7.98. The summed E-state index contributed by atoms with van der Waals surface area (Å²) >= 11 is 1.34. The van der Waals surface area contributed by atoms with E-state index in [4.69, 9.17) is 19.3 Å². The smallest absolute Gasteiger partial charge is 0.338 e. The number of esters is 1. The zero-order chi connectivity index (χ0) is 28.9. The number of carbonyl (C=O) groups excluding carboxylic acids is 1. The lowest BCUT2D eigenvalue weighted by molar-refractivity contribution is -0.146. The fourth-order valence-electron chi connectivity index (χ4n) is 5.24. The molecule has 0 saturated heterocycles. The molecule has 218 valence electrons. The molecule has 1 aliphatic heterocycles. The summed E-state index contributed by atoms with van der Waals surface area (Å²) in [7, 11) is 0. The average Bonchev–Trinajstić information content (AvgIpc) is 3.35. The lowest BCUT2D eigenvalue weighted by atomic mass is 9.94. The molecule has 1 N–H and O–H groups in total.